The first kappa shape index (κ1) is 16.9. The van der Waals surface area contributed by atoms with E-state index >= 15 is 0 Å². The fraction of sp³-hybridized carbons (Fsp3) is 0.316. The van der Waals surface area contributed by atoms with E-state index in [0.717, 1.165) is 19.3 Å². The number of aryl methyl sites for hydroxylation is 3. The van der Waals surface area contributed by atoms with Crippen LogP contribution in [-0.2, 0) is 6.42 Å². The van der Waals surface area contributed by atoms with Gasteiger partial charge in [-0.05, 0) is 61.6 Å². The Morgan fingerprint density at radius 1 is 1.04 bits per heavy atom. The number of carbonyl (C=O) groups is 1. The van der Waals surface area contributed by atoms with Crippen LogP contribution in [0.3, 0.4) is 0 Å². The molecule has 0 aliphatic carbocycles. The summed E-state index contributed by atoms with van der Waals surface area (Å²) in [5, 5.41) is 22.9. The average Bonchev–Trinajstić information content (AvgIpc) is 2.52. The van der Waals surface area contributed by atoms with Gasteiger partial charge in [-0.3, -0.25) is 4.79 Å². The maximum atomic E-state index is 12.4. The Balaban J connectivity index is 2.20. The summed E-state index contributed by atoms with van der Waals surface area (Å²) < 4.78 is 0. The molecule has 0 saturated heterocycles. The normalized spacial score (nSPS) is 10.6. The molecule has 1 amide bonds. The topological polar surface area (TPSA) is 69.6 Å². The third kappa shape index (κ3) is 3.83. The van der Waals surface area contributed by atoms with Crippen molar-refractivity contribution in [1.29, 1.82) is 0 Å². The lowest BCUT2D eigenvalue weighted by Gasteiger charge is -2.12. The molecule has 4 nitrogen and oxygen atoms in total. The van der Waals surface area contributed by atoms with E-state index in [-0.39, 0.29) is 17.1 Å². The quantitative estimate of drug-likeness (QED) is 0.770. The molecule has 0 aromatic heterocycles. The number of hydrogen-bond acceptors (Lipinski definition) is 3. The highest BCUT2D eigenvalue weighted by atomic mass is 16.3. The summed E-state index contributed by atoms with van der Waals surface area (Å²) in [5.74, 6) is -0.900. The largest absolute Gasteiger partial charge is 0.507 e. The van der Waals surface area contributed by atoms with Crippen LogP contribution in [0.5, 0.6) is 11.5 Å². The zero-order valence-corrected chi connectivity index (χ0v) is 13.8. The van der Waals surface area contributed by atoms with Crippen LogP contribution in [0.2, 0.25) is 0 Å². The Labute approximate surface area is 136 Å². The number of phenols is 2. The summed E-state index contributed by atoms with van der Waals surface area (Å²) in [6.07, 6.45) is 3.29. The van der Waals surface area contributed by atoms with Crippen molar-refractivity contribution >= 4 is 11.6 Å². The lowest BCUT2D eigenvalue weighted by molar-refractivity contribution is 0.102. The number of anilines is 1. The second-order valence-electron chi connectivity index (χ2n) is 5.84. The van der Waals surface area contributed by atoms with Gasteiger partial charge in [0.05, 0.1) is 0 Å². The molecule has 0 fully saturated rings. The second-order valence-corrected chi connectivity index (χ2v) is 5.84. The Morgan fingerprint density at radius 3 is 2.13 bits per heavy atom. The third-order valence-electron chi connectivity index (χ3n) is 3.91. The molecular formula is C19H23NO3. The van der Waals surface area contributed by atoms with Gasteiger partial charge in [-0.15, -0.1) is 0 Å². The third-order valence-corrected chi connectivity index (χ3v) is 3.91. The average molecular weight is 313 g/mol. The number of phenolic OH excluding ortho intramolecular Hbond substituents is 2. The van der Waals surface area contributed by atoms with Gasteiger partial charge < -0.3 is 15.5 Å². The molecule has 3 N–H and O–H groups in total. The number of nitrogens with one attached hydrogen (secondary N) is 1. The van der Waals surface area contributed by atoms with Crippen molar-refractivity contribution in [2.45, 2.75) is 40.0 Å². The number of benzene rings is 2. The molecule has 0 spiro atoms. The van der Waals surface area contributed by atoms with E-state index < -0.39 is 5.91 Å². The molecule has 0 bridgehead atoms. The van der Waals surface area contributed by atoms with Crippen LogP contribution < -0.4 is 5.32 Å². The van der Waals surface area contributed by atoms with E-state index in [4.69, 9.17) is 0 Å². The van der Waals surface area contributed by atoms with E-state index in [9.17, 15) is 15.0 Å². The molecule has 2 aromatic rings. The molecular weight excluding hydrogens is 290 g/mol. The summed E-state index contributed by atoms with van der Waals surface area (Å²) >= 11 is 0. The van der Waals surface area contributed by atoms with E-state index in [1.807, 2.05) is 24.3 Å². The van der Waals surface area contributed by atoms with Gasteiger partial charge in [0.15, 0.2) is 0 Å². The van der Waals surface area contributed by atoms with Gasteiger partial charge in [0.1, 0.15) is 17.1 Å². The summed E-state index contributed by atoms with van der Waals surface area (Å²) in [7, 11) is 0. The molecule has 0 heterocycles. The summed E-state index contributed by atoms with van der Waals surface area (Å²) in [6.45, 7) is 5.54. The van der Waals surface area contributed by atoms with Gasteiger partial charge in [-0.1, -0.05) is 25.5 Å². The SMILES string of the molecule is CCCCc1ccc(NC(=O)c2c(O)c(C)cc(C)c2O)cc1. The molecule has 0 radical (unpaired) electrons. The van der Waals surface area contributed by atoms with E-state index in [1.165, 1.54) is 5.56 Å². The Bertz CT molecular complexity index is 679. The van der Waals surface area contributed by atoms with Crippen LogP contribution in [0.1, 0.15) is 46.8 Å². The molecule has 2 aromatic carbocycles. The molecule has 0 unspecified atom stereocenters. The minimum Gasteiger partial charge on any atom is -0.507 e. The van der Waals surface area contributed by atoms with Crippen LogP contribution in [-0.4, -0.2) is 16.1 Å². The first-order chi connectivity index (χ1) is 10.9. The number of hydrogen-bond donors (Lipinski definition) is 3. The van der Waals surface area contributed by atoms with Crippen LogP contribution in [0.25, 0.3) is 0 Å². The zero-order valence-electron chi connectivity index (χ0n) is 13.8. The van der Waals surface area contributed by atoms with Crippen LogP contribution in [0.4, 0.5) is 5.69 Å². The van der Waals surface area contributed by atoms with Gasteiger partial charge in [0, 0.05) is 5.69 Å². The van der Waals surface area contributed by atoms with Gasteiger partial charge in [-0.2, -0.15) is 0 Å². The molecule has 0 aliphatic heterocycles. The predicted octanol–water partition coefficient (Wildman–Crippen LogP) is 4.31. The lowest BCUT2D eigenvalue weighted by atomic mass is 10.0. The lowest BCUT2D eigenvalue weighted by Crippen LogP contribution is -2.13. The highest BCUT2D eigenvalue weighted by Crippen LogP contribution is 2.34. The fourth-order valence-corrected chi connectivity index (χ4v) is 2.51. The van der Waals surface area contributed by atoms with Gasteiger partial charge in [0.25, 0.3) is 5.91 Å². The van der Waals surface area contributed by atoms with E-state index in [1.54, 1.807) is 19.9 Å². The number of unbranched alkanes of at least 4 members (excludes halogenated alkanes) is 1. The van der Waals surface area contributed by atoms with Crippen molar-refractivity contribution in [3.8, 4) is 11.5 Å². The van der Waals surface area contributed by atoms with Gasteiger partial charge in [-0.25, -0.2) is 0 Å². The zero-order chi connectivity index (χ0) is 17.0. The Kier molecular flexibility index (Phi) is 5.27. The summed E-state index contributed by atoms with van der Waals surface area (Å²) in [6, 6.07) is 9.27. The van der Waals surface area contributed by atoms with Crippen molar-refractivity contribution < 1.29 is 15.0 Å². The van der Waals surface area contributed by atoms with Crippen molar-refractivity contribution in [3.05, 3.63) is 52.6 Å². The monoisotopic (exact) mass is 313 g/mol. The molecule has 0 atom stereocenters. The smallest absolute Gasteiger partial charge is 0.263 e. The fourth-order valence-electron chi connectivity index (χ4n) is 2.51. The second kappa shape index (κ2) is 7.18. The molecule has 0 aliphatic rings. The standard InChI is InChI=1S/C19H23NO3/c1-4-5-6-14-7-9-15(10-8-14)20-19(23)16-17(21)12(2)11-13(3)18(16)22/h7-11,21-22H,4-6H2,1-3H3,(H,20,23). The van der Waals surface area contributed by atoms with Crippen LogP contribution in [0.15, 0.2) is 30.3 Å². The first-order valence-electron chi connectivity index (χ1n) is 7.86. The minimum absolute atomic E-state index is 0.0856. The van der Waals surface area contributed by atoms with Crippen LogP contribution >= 0.6 is 0 Å². The van der Waals surface area contributed by atoms with Gasteiger partial charge >= 0.3 is 0 Å². The maximum Gasteiger partial charge on any atom is 0.263 e. The molecule has 122 valence electrons. The van der Waals surface area contributed by atoms with Crippen molar-refractivity contribution in [2.24, 2.45) is 0 Å². The van der Waals surface area contributed by atoms with E-state index in [2.05, 4.69) is 12.2 Å². The number of amides is 1. The molecule has 23 heavy (non-hydrogen) atoms. The van der Waals surface area contributed by atoms with E-state index in [0.29, 0.717) is 16.8 Å². The maximum absolute atomic E-state index is 12.4. The summed E-state index contributed by atoms with van der Waals surface area (Å²) in [5.41, 5.74) is 2.88. The highest BCUT2D eigenvalue weighted by molar-refractivity contribution is 6.08. The Hall–Kier alpha value is -2.49. The van der Waals surface area contributed by atoms with Crippen molar-refractivity contribution in [1.82, 2.24) is 0 Å². The van der Waals surface area contributed by atoms with Crippen molar-refractivity contribution in [2.75, 3.05) is 5.32 Å². The minimum atomic E-state index is -0.520. The number of rotatable bonds is 5. The van der Waals surface area contributed by atoms with Crippen molar-refractivity contribution in [3.63, 3.8) is 0 Å². The molecule has 2 rings (SSSR count). The highest BCUT2D eigenvalue weighted by Gasteiger charge is 2.20. The van der Waals surface area contributed by atoms with Crippen LogP contribution in [0, 0.1) is 13.8 Å². The molecule has 0 saturated carbocycles. The number of carbonyl (C=O) groups excluding carboxylic acids is 1. The number of aromatic hydroxyl groups is 2. The molecule has 4 heteroatoms. The Morgan fingerprint density at radius 2 is 1.61 bits per heavy atom. The van der Waals surface area contributed by atoms with Gasteiger partial charge in [0.2, 0.25) is 0 Å². The first-order valence-corrected chi connectivity index (χ1v) is 7.86. The predicted molar refractivity (Wildman–Crippen MR) is 92.3 cm³/mol. The summed E-state index contributed by atoms with van der Waals surface area (Å²) in [4.78, 5) is 12.4.